The Bertz CT molecular complexity index is 1010. The van der Waals surface area contributed by atoms with E-state index < -0.39 is 0 Å². The summed E-state index contributed by atoms with van der Waals surface area (Å²) < 4.78 is 0.102. The molecule has 0 spiro atoms. The highest BCUT2D eigenvalue weighted by atomic mass is 32.2. The van der Waals surface area contributed by atoms with Gasteiger partial charge in [-0.25, -0.2) is 5.43 Å². The number of carbonyl (C=O) groups is 1. The van der Waals surface area contributed by atoms with Crippen LogP contribution in [0.1, 0.15) is 47.8 Å². The number of aryl methyl sites for hydroxylation is 2. The molecule has 0 aromatic heterocycles. The molecule has 0 bridgehead atoms. The minimum Gasteiger partial charge on any atom is -0.267 e. The van der Waals surface area contributed by atoms with Gasteiger partial charge in [-0.1, -0.05) is 87.5 Å². The molecule has 0 saturated carbocycles. The van der Waals surface area contributed by atoms with Gasteiger partial charge in [-0.15, -0.1) is 11.8 Å². The predicted molar refractivity (Wildman–Crippen MR) is 127 cm³/mol. The maximum absolute atomic E-state index is 12.8. The van der Waals surface area contributed by atoms with E-state index in [1.165, 1.54) is 5.56 Å². The van der Waals surface area contributed by atoms with E-state index >= 15 is 0 Å². The van der Waals surface area contributed by atoms with Crippen LogP contribution in [0.15, 0.2) is 88.9 Å². The number of nitrogens with one attached hydrogen (secondary N) is 1. The van der Waals surface area contributed by atoms with Crippen LogP contribution in [0, 0.1) is 0 Å². The zero-order valence-electron chi connectivity index (χ0n) is 17.8. The van der Waals surface area contributed by atoms with Crippen molar-refractivity contribution in [3.8, 4) is 0 Å². The van der Waals surface area contributed by atoms with Crippen LogP contribution in [0.3, 0.4) is 0 Å². The smallest absolute Gasteiger partial charge is 0.267 e. The summed E-state index contributed by atoms with van der Waals surface area (Å²) in [5.41, 5.74) is 6.65. The highest BCUT2D eigenvalue weighted by Gasteiger charge is 2.14. The van der Waals surface area contributed by atoms with Crippen molar-refractivity contribution in [1.82, 2.24) is 5.43 Å². The van der Waals surface area contributed by atoms with Gasteiger partial charge in [0.05, 0.1) is 6.21 Å². The molecular formula is C26H28N2OS. The Kier molecular flexibility index (Phi) is 7.47. The molecule has 0 fully saturated rings. The molecule has 0 saturated heterocycles. The van der Waals surface area contributed by atoms with Crippen LogP contribution in [-0.2, 0) is 12.8 Å². The standard InChI is InChI=1S/C26H28N2OS/c1-26(2,3)30-24-16-10-8-14-22(24)19-27-28-25(29)23-15-9-7-13-21(23)18-17-20-11-5-4-6-12-20/h4-16,19H,17-18H2,1-3H3,(H,28,29). The summed E-state index contributed by atoms with van der Waals surface area (Å²) in [4.78, 5) is 13.9. The topological polar surface area (TPSA) is 41.5 Å². The lowest BCUT2D eigenvalue weighted by molar-refractivity contribution is 0.0954. The number of hydrogen-bond acceptors (Lipinski definition) is 3. The third-order valence-corrected chi connectivity index (χ3v) is 5.70. The molecular weight excluding hydrogens is 388 g/mol. The zero-order valence-corrected chi connectivity index (χ0v) is 18.6. The maximum Gasteiger partial charge on any atom is 0.271 e. The molecule has 154 valence electrons. The number of nitrogens with zero attached hydrogens (tertiary/aromatic N) is 1. The van der Waals surface area contributed by atoms with Gasteiger partial charge in [0, 0.05) is 20.8 Å². The molecule has 0 aliphatic heterocycles. The lowest BCUT2D eigenvalue weighted by Crippen LogP contribution is -2.19. The van der Waals surface area contributed by atoms with E-state index in [1.807, 2.05) is 60.7 Å². The lowest BCUT2D eigenvalue weighted by atomic mass is 9.99. The van der Waals surface area contributed by atoms with Crippen LogP contribution >= 0.6 is 11.8 Å². The van der Waals surface area contributed by atoms with Crippen LogP contribution in [0.25, 0.3) is 0 Å². The van der Waals surface area contributed by atoms with Gasteiger partial charge in [-0.3, -0.25) is 4.79 Å². The molecule has 0 heterocycles. The van der Waals surface area contributed by atoms with Crippen molar-refractivity contribution in [2.45, 2.75) is 43.3 Å². The first-order valence-electron chi connectivity index (χ1n) is 10.2. The highest BCUT2D eigenvalue weighted by molar-refractivity contribution is 8.00. The van der Waals surface area contributed by atoms with Crippen molar-refractivity contribution in [2.24, 2.45) is 5.10 Å². The highest BCUT2D eigenvalue weighted by Crippen LogP contribution is 2.33. The van der Waals surface area contributed by atoms with Crippen molar-refractivity contribution in [3.63, 3.8) is 0 Å². The van der Waals surface area contributed by atoms with E-state index in [1.54, 1.807) is 18.0 Å². The van der Waals surface area contributed by atoms with Crippen molar-refractivity contribution in [3.05, 3.63) is 101 Å². The molecule has 3 nitrogen and oxygen atoms in total. The minimum absolute atomic E-state index is 0.102. The molecule has 3 rings (SSSR count). The largest absolute Gasteiger partial charge is 0.271 e. The molecule has 4 heteroatoms. The first kappa shape index (κ1) is 21.8. The zero-order chi connectivity index (χ0) is 21.4. The molecule has 30 heavy (non-hydrogen) atoms. The van der Waals surface area contributed by atoms with Gasteiger partial charge < -0.3 is 0 Å². The molecule has 0 aliphatic carbocycles. The van der Waals surface area contributed by atoms with E-state index in [0.717, 1.165) is 28.9 Å². The van der Waals surface area contributed by atoms with Crippen molar-refractivity contribution in [1.29, 1.82) is 0 Å². The fraction of sp³-hybridized carbons (Fsp3) is 0.231. The Morgan fingerprint density at radius 3 is 2.33 bits per heavy atom. The van der Waals surface area contributed by atoms with Crippen LogP contribution < -0.4 is 5.43 Å². The van der Waals surface area contributed by atoms with Crippen LogP contribution in [-0.4, -0.2) is 16.9 Å². The van der Waals surface area contributed by atoms with E-state index in [0.29, 0.717) is 5.56 Å². The maximum atomic E-state index is 12.8. The lowest BCUT2D eigenvalue weighted by Gasteiger charge is -2.18. The first-order chi connectivity index (χ1) is 14.4. The predicted octanol–water partition coefficient (Wildman–Crippen LogP) is 6.13. The molecule has 3 aromatic carbocycles. The van der Waals surface area contributed by atoms with E-state index in [4.69, 9.17) is 0 Å². The van der Waals surface area contributed by atoms with E-state index in [9.17, 15) is 4.79 Å². The Balaban J connectivity index is 1.67. The summed E-state index contributed by atoms with van der Waals surface area (Å²) in [5.74, 6) is -0.184. The Labute approximate surface area is 183 Å². The van der Waals surface area contributed by atoms with Crippen LogP contribution in [0.5, 0.6) is 0 Å². The van der Waals surface area contributed by atoms with Crippen molar-refractivity contribution in [2.75, 3.05) is 0 Å². The fourth-order valence-corrected chi connectivity index (χ4v) is 4.16. The normalized spacial score (nSPS) is 11.6. The second kappa shape index (κ2) is 10.3. The second-order valence-electron chi connectivity index (χ2n) is 8.09. The average Bonchev–Trinajstić information content (AvgIpc) is 2.73. The summed E-state index contributed by atoms with van der Waals surface area (Å²) in [6.45, 7) is 6.54. The fourth-order valence-electron chi connectivity index (χ4n) is 3.11. The molecule has 3 aromatic rings. The van der Waals surface area contributed by atoms with Crippen molar-refractivity contribution < 1.29 is 4.79 Å². The number of carbonyl (C=O) groups excluding carboxylic acids is 1. The summed E-state index contributed by atoms with van der Waals surface area (Å²) >= 11 is 1.79. The Morgan fingerprint density at radius 2 is 1.57 bits per heavy atom. The number of amides is 1. The van der Waals surface area contributed by atoms with Crippen LogP contribution in [0.2, 0.25) is 0 Å². The molecule has 0 unspecified atom stereocenters. The van der Waals surface area contributed by atoms with Gasteiger partial charge in [0.15, 0.2) is 0 Å². The monoisotopic (exact) mass is 416 g/mol. The van der Waals surface area contributed by atoms with Gasteiger partial charge in [0.25, 0.3) is 5.91 Å². The number of thioether (sulfide) groups is 1. The molecule has 0 aliphatic rings. The Hall–Kier alpha value is -2.85. The third kappa shape index (κ3) is 6.60. The van der Waals surface area contributed by atoms with Crippen LogP contribution in [0.4, 0.5) is 0 Å². The van der Waals surface area contributed by atoms with Gasteiger partial charge in [-0.05, 0) is 36.1 Å². The number of hydrogen-bond donors (Lipinski definition) is 1. The Morgan fingerprint density at radius 1 is 0.900 bits per heavy atom. The summed E-state index contributed by atoms with van der Waals surface area (Å²) in [5, 5.41) is 4.23. The van der Waals surface area contributed by atoms with Gasteiger partial charge in [-0.2, -0.15) is 5.10 Å². The molecule has 1 amide bonds. The molecule has 1 N–H and O–H groups in total. The summed E-state index contributed by atoms with van der Waals surface area (Å²) in [6, 6.07) is 26.1. The average molecular weight is 417 g/mol. The number of benzene rings is 3. The van der Waals surface area contributed by atoms with E-state index in [-0.39, 0.29) is 10.7 Å². The molecule has 0 atom stereocenters. The number of hydrazone groups is 1. The van der Waals surface area contributed by atoms with Crippen molar-refractivity contribution >= 4 is 23.9 Å². The SMILES string of the molecule is CC(C)(C)Sc1ccccc1C=NNC(=O)c1ccccc1CCc1ccccc1. The third-order valence-electron chi connectivity index (χ3n) is 4.49. The number of rotatable bonds is 7. The van der Waals surface area contributed by atoms with Gasteiger partial charge in [0.1, 0.15) is 0 Å². The second-order valence-corrected chi connectivity index (χ2v) is 9.96. The first-order valence-corrected chi connectivity index (χ1v) is 11.0. The quantitative estimate of drug-likeness (QED) is 0.286. The van der Waals surface area contributed by atoms with Gasteiger partial charge >= 0.3 is 0 Å². The summed E-state index contributed by atoms with van der Waals surface area (Å²) in [7, 11) is 0. The minimum atomic E-state index is -0.184. The summed E-state index contributed by atoms with van der Waals surface area (Å²) in [6.07, 6.45) is 3.42. The molecule has 0 radical (unpaired) electrons. The van der Waals surface area contributed by atoms with E-state index in [2.05, 4.69) is 49.5 Å². The van der Waals surface area contributed by atoms with Gasteiger partial charge in [0.2, 0.25) is 0 Å².